The molecule has 4 heteroatoms. The lowest BCUT2D eigenvalue weighted by Gasteiger charge is -2.09. The first-order valence-electron chi connectivity index (χ1n) is 4.20. The second kappa shape index (κ2) is 9.87. The fourth-order valence-corrected chi connectivity index (χ4v) is 1.35. The summed E-state index contributed by atoms with van der Waals surface area (Å²) in [4.78, 5) is 0. The average molecular weight is 203 g/mol. The highest BCUT2D eigenvalue weighted by Gasteiger charge is 2.00. The largest absolute Gasteiger partial charge is 0.389 e. The molecule has 0 aromatic carbocycles. The van der Waals surface area contributed by atoms with E-state index in [9.17, 15) is 5.11 Å². The molecular weight excluding hydrogens is 186 g/mol. The Morgan fingerprint density at radius 2 is 2.46 bits per heavy atom. The van der Waals surface area contributed by atoms with Crippen molar-refractivity contribution in [1.29, 1.82) is 0 Å². The third-order valence-corrected chi connectivity index (χ3v) is 2.21. The molecule has 0 aromatic rings. The molecule has 0 aliphatic carbocycles. The quantitative estimate of drug-likeness (QED) is 0.429. The van der Waals surface area contributed by atoms with Gasteiger partial charge in [-0.15, -0.1) is 18.2 Å². The second-order valence-corrected chi connectivity index (χ2v) is 3.68. The van der Waals surface area contributed by atoms with Crippen molar-refractivity contribution in [2.75, 3.05) is 38.3 Å². The molecule has 0 radical (unpaired) electrons. The van der Waals surface area contributed by atoms with Crippen LogP contribution in [0, 0.1) is 12.3 Å². The molecule has 0 fully saturated rings. The second-order valence-electron chi connectivity index (χ2n) is 2.57. The van der Waals surface area contributed by atoms with Crippen LogP contribution >= 0.6 is 11.8 Å². The fourth-order valence-electron chi connectivity index (χ4n) is 0.795. The van der Waals surface area contributed by atoms with Gasteiger partial charge in [0.25, 0.3) is 0 Å². The Hall–Kier alpha value is -0.210. The SMILES string of the molecule is C#CCSCCNCC(O)COC. The average Bonchev–Trinajstić information content (AvgIpc) is 2.11. The highest BCUT2D eigenvalue weighted by atomic mass is 32.2. The molecule has 0 aliphatic rings. The van der Waals surface area contributed by atoms with E-state index >= 15 is 0 Å². The van der Waals surface area contributed by atoms with Gasteiger partial charge in [0.05, 0.1) is 18.5 Å². The van der Waals surface area contributed by atoms with Crippen LogP contribution in [0.3, 0.4) is 0 Å². The number of methoxy groups -OCH3 is 1. The lowest BCUT2D eigenvalue weighted by atomic mass is 10.4. The molecule has 2 N–H and O–H groups in total. The zero-order valence-electron chi connectivity index (χ0n) is 7.95. The van der Waals surface area contributed by atoms with Crippen LogP contribution in [0.2, 0.25) is 0 Å². The minimum atomic E-state index is -0.414. The predicted octanol–water partition coefficient (Wildman–Crippen LogP) is -0.0503. The lowest BCUT2D eigenvalue weighted by Crippen LogP contribution is -2.31. The van der Waals surface area contributed by atoms with Gasteiger partial charge >= 0.3 is 0 Å². The number of aliphatic hydroxyl groups is 1. The maximum absolute atomic E-state index is 9.23. The Bertz CT molecular complexity index is 147. The summed E-state index contributed by atoms with van der Waals surface area (Å²) in [5.74, 6) is 4.28. The van der Waals surface area contributed by atoms with Crippen LogP contribution in [-0.4, -0.2) is 49.5 Å². The van der Waals surface area contributed by atoms with Crippen LogP contribution in [0.15, 0.2) is 0 Å². The molecule has 0 heterocycles. The van der Waals surface area contributed by atoms with E-state index in [1.54, 1.807) is 18.9 Å². The molecule has 1 atom stereocenters. The van der Waals surface area contributed by atoms with E-state index in [2.05, 4.69) is 11.2 Å². The van der Waals surface area contributed by atoms with E-state index in [4.69, 9.17) is 11.2 Å². The number of thioether (sulfide) groups is 1. The first-order chi connectivity index (χ1) is 6.31. The predicted molar refractivity (Wildman–Crippen MR) is 56.9 cm³/mol. The summed E-state index contributed by atoms with van der Waals surface area (Å²) < 4.78 is 4.78. The van der Waals surface area contributed by atoms with E-state index in [1.165, 1.54) is 0 Å². The number of terminal acetylenes is 1. The van der Waals surface area contributed by atoms with Crippen molar-refractivity contribution >= 4 is 11.8 Å². The summed E-state index contributed by atoms with van der Waals surface area (Å²) >= 11 is 1.71. The van der Waals surface area contributed by atoms with Crippen molar-refractivity contribution in [3.8, 4) is 12.3 Å². The Morgan fingerprint density at radius 3 is 3.08 bits per heavy atom. The van der Waals surface area contributed by atoms with Gasteiger partial charge in [0, 0.05) is 26.0 Å². The van der Waals surface area contributed by atoms with Gasteiger partial charge in [-0.25, -0.2) is 0 Å². The number of hydrogen-bond acceptors (Lipinski definition) is 4. The molecule has 0 spiro atoms. The van der Waals surface area contributed by atoms with Gasteiger partial charge in [0.15, 0.2) is 0 Å². The van der Waals surface area contributed by atoms with E-state index in [0.29, 0.717) is 13.2 Å². The van der Waals surface area contributed by atoms with Crippen LogP contribution in [0.5, 0.6) is 0 Å². The number of ether oxygens (including phenoxy) is 1. The molecule has 13 heavy (non-hydrogen) atoms. The van der Waals surface area contributed by atoms with Gasteiger partial charge in [-0.05, 0) is 0 Å². The Morgan fingerprint density at radius 1 is 1.69 bits per heavy atom. The third kappa shape index (κ3) is 9.71. The molecular formula is C9H17NO2S. The van der Waals surface area contributed by atoms with Crippen LogP contribution in [-0.2, 0) is 4.74 Å². The summed E-state index contributed by atoms with van der Waals surface area (Å²) in [6.07, 6.45) is 4.67. The zero-order chi connectivity index (χ0) is 9.94. The molecule has 0 bridgehead atoms. The van der Waals surface area contributed by atoms with E-state index in [0.717, 1.165) is 18.1 Å². The van der Waals surface area contributed by atoms with Gasteiger partial charge in [-0.2, -0.15) is 0 Å². The topological polar surface area (TPSA) is 41.5 Å². The monoisotopic (exact) mass is 203 g/mol. The Balaban J connectivity index is 3.03. The molecule has 0 saturated carbocycles. The van der Waals surface area contributed by atoms with Crippen LogP contribution in [0.4, 0.5) is 0 Å². The summed E-state index contributed by atoms with van der Waals surface area (Å²) in [6.45, 7) is 1.82. The molecule has 1 unspecified atom stereocenters. The molecule has 0 saturated heterocycles. The number of hydrogen-bond donors (Lipinski definition) is 2. The minimum absolute atomic E-state index is 0.379. The van der Waals surface area contributed by atoms with Crippen molar-refractivity contribution < 1.29 is 9.84 Å². The van der Waals surface area contributed by atoms with Gasteiger partial charge in [-0.3, -0.25) is 0 Å². The number of aliphatic hydroxyl groups excluding tert-OH is 1. The molecule has 0 aliphatic heterocycles. The maximum atomic E-state index is 9.23. The highest BCUT2D eigenvalue weighted by molar-refractivity contribution is 7.99. The molecule has 3 nitrogen and oxygen atoms in total. The van der Waals surface area contributed by atoms with E-state index < -0.39 is 6.10 Å². The van der Waals surface area contributed by atoms with Crippen LogP contribution in [0.1, 0.15) is 0 Å². The van der Waals surface area contributed by atoms with Crippen molar-refractivity contribution in [2.24, 2.45) is 0 Å². The van der Waals surface area contributed by atoms with Crippen molar-refractivity contribution in [3.05, 3.63) is 0 Å². The van der Waals surface area contributed by atoms with Gasteiger partial charge < -0.3 is 15.2 Å². The highest BCUT2D eigenvalue weighted by Crippen LogP contribution is 1.95. The standard InChI is InChI=1S/C9H17NO2S/c1-3-5-13-6-4-10-7-9(11)8-12-2/h1,9-11H,4-8H2,2H3. The van der Waals surface area contributed by atoms with Crippen molar-refractivity contribution in [3.63, 3.8) is 0 Å². The van der Waals surface area contributed by atoms with Gasteiger partial charge in [0.1, 0.15) is 0 Å². The van der Waals surface area contributed by atoms with Gasteiger partial charge in [0.2, 0.25) is 0 Å². The van der Waals surface area contributed by atoms with E-state index in [-0.39, 0.29) is 0 Å². The summed E-state index contributed by atoms with van der Waals surface area (Å²) in [5, 5.41) is 12.3. The Labute approximate surface area is 84.2 Å². The van der Waals surface area contributed by atoms with Gasteiger partial charge in [-0.1, -0.05) is 5.92 Å². The lowest BCUT2D eigenvalue weighted by molar-refractivity contribution is 0.0650. The Kier molecular flexibility index (Phi) is 9.72. The fraction of sp³-hybridized carbons (Fsp3) is 0.778. The first-order valence-corrected chi connectivity index (χ1v) is 5.35. The summed E-state index contributed by atoms with van der Waals surface area (Å²) in [6, 6.07) is 0. The maximum Gasteiger partial charge on any atom is 0.0897 e. The number of rotatable bonds is 8. The zero-order valence-corrected chi connectivity index (χ0v) is 8.77. The summed E-state index contributed by atoms with van der Waals surface area (Å²) in [5.41, 5.74) is 0. The molecule has 76 valence electrons. The van der Waals surface area contributed by atoms with E-state index in [1.807, 2.05) is 0 Å². The first kappa shape index (κ1) is 12.8. The molecule has 0 rings (SSSR count). The molecule has 0 aromatic heterocycles. The van der Waals surface area contributed by atoms with Crippen LogP contribution in [0.25, 0.3) is 0 Å². The smallest absolute Gasteiger partial charge is 0.0897 e. The minimum Gasteiger partial charge on any atom is -0.389 e. The van der Waals surface area contributed by atoms with Crippen molar-refractivity contribution in [1.82, 2.24) is 5.32 Å². The van der Waals surface area contributed by atoms with Crippen LogP contribution < -0.4 is 5.32 Å². The molecule has 0 amide bonds. The normalized spacial score (nSPS) is 12.4. The summed E-state index contributed by atoms with van der Waals surface area (Å²) in [7, 11) is 1.58. The number of nitrogens with one attached hydrogen (secondary N) is 1. The van der Waals surface area contributed by atoms with Crippen molar-refractivity contribution in [2.45, 2.75) is 6.10 Å². The third-order valence-electron chi connectivity index (χ3n) is 1.35.